The van der Waals surface area contributed by atoms with Gasteiger partial charge in [-0.25, -0.2) is 0 Å². The third-order valence-electron chi connectivity index (χ3n) is 2.70. The van der Waals surface area contributed by atoms with Gasteiger partial charge in [0.15, 0.2) is 5.78 Å². The molecule has 0 saturated carbocycles. The Kier molecular flexibility index (Phi) is 3.25. The van der Waals surface area contributed by atoms with Crippen LogP contribution in [0.1, 0.15) is 23.2 Å². The number of hydrogen-bond acceptors (Lipinski definition) is 2. The summed E-state index contributed by atoms with van der Waals surface area (Å²) >= 11 is 5.57. The molecule has 1 aliphatic rings. The van der Waals surface area contributed by atoms with Crippen molar-refractivity contribution >= 4 is 29.0 Å². The van der Waals surface area contributed by atoms with Gasteiger partial charge in [-0.1, -0.05) is 12.1 Å². The molecule has 4 heteroatoms. The van der Waals surface area contributed by atoms with Crippen LogP contribution in [0, 0.1) is 0 Å². The van der Waals surface area contributed by atoms with E-state index in [9.17, 15) is 9.59 Å². The first-order chi connectivity index (χ1) is 7.74. The van der Waals surface area contributed by atoms with Gasteiger partial charge in [-0.2, -0.15) is 0 Å². The molecule has 0 aromatic heterocycles. The summed E-state index contributed by atoms with van der Waals surface area (Å²) < 4.78 is 0. The van der Waals surface area contributed by atoms with Crippen LogP contribution < -0.4 is 4.90 Å². The van der Waals surface area contributed by atoms with Gasteiger partial charge in [-0.3, -0.25) is 9.59 Å². The van der Waals surface area contributed by atoms with Gasteiger partial charge >= 0.3 is 0 Å². The average molecular weight is 238 g/mol. The molecule has 1 heterocycles. The van der Waals surface area contributed by atoms with Crippen molar-refractivity contribution in [3.63, 3.8) is 0 Å². The van der Waals surface area contributed by atoms with E-state index in [2.05, 4.69) is 0 Å². The molecular weight excluding hydrogens is 226 g/mol. The van der Waals surface area contributed by atoms with Crippen LogP contribution in [0.15, 0.2) is 24.3 Å². The summed E-state index contributed by atoms with van der Waals surface area (Å²) in [4.78, 5) is 25.1. The van der Waals surface area contributed by atoms with Crippen molar-refractivity contribution < 1.29 is 9.59 Å². The average Bonchev–Trinajstić information content (AvgIpc) is 2.49. The number of halogens is 1. The van der Waals surface area contributed by atoms with Crippen molar-refractivity contribution in [2.24, 2.45) is 0 Å². The molecule has 84 valence electrons. The molecule has 3 nitrogen and oxygen atoms in total. The van der Waals surface area contributed by atoms with E-state index in [-0.39, 0.29) is 17.6 Å². The molecule has 1 aliphatic heterocycles. The van der Waals surface area contributed by atoms with Crippen LogP contribution in [0.5, 0.6) is 0 Å². The molecule has 16 heavy (non-hydrogen) atoms. The third-order valence-corrected chi connectivity index (χ3v) is 2.92. The van der Waals surface area contributed by atoms with E-state index in [1.54, 1.807) is 17.0 Å². The molecule has 1 amide bonds. The number of ketones is 1. The van der Waals surface area contributed by atoms with E-state index in [1.807, 2.05) is 12.1 Å². The Bertz CT molecular complexity index is 431. The van der Waals surface area contributed by atoms with Crippen molar-refractivity contribution in [1.82, 2.24) is 0 Å². The quantitative estimate of drug-likeness (QED) is 0.703. The van der Waals surface area contributed by atoms with Crippen LogP contribution in [0.25, 0.3) is 0 Å². The standard InChI is InChI=1S/C12H12ClNO2/c13-8-12(16)14-7-3-6-11(15)9-4-1-2-5-10(9)14/h1-2,4-5H,3,6-8H2. The van der Waals surface area contributed by atoms with Gasteiger partial charge in [-0.05, 0) is 18.6 Å². The second-order valence-corrected chi connectivity index (χ2v) is 3.99. The molecule has 0 radical (unpaired) electrons. The lowest BCUT2D eigenvalue weighted by Crippen LogP contribution is -2.32. The van der Waals surface area contributed by atoms with Crippen LogP contribution in [-0.4, -0.2) is 24.1 Å². The Labute approximate surface area is 99.0 Å². The van der Waals surface area contributed by atoms with Crippen molar-refractivity contribution in [2.75, 3.05) is 17.3 Å². The number of hydrogen-bond donors (Lipinski definition) is 0. The minimum Gasteiger partial charge on any atom is -0.311 e. The predicted molar refractivity (Wildman–Crippen MR) is 63.1 cm³/mol. The predicted octanol–water partition coefficient (Wildman–Crippen LogP) is 2.23. The van der Waals surface area contributed by atoms with Gasteiger partial charge in [0.05, 0.1) is 5.69 Å². The van der Waals surface area contributed by atoms with Crippen LogP contribution in [0.2, 0.25) is 0 Å². The number of nitrogens with zero attached hydrogens (tertiary/aromatic N) is 1. The Balaban J connectivity index is 2.46. The van der Waals surface area contributed by atoms with Gasteiger partial charge < -0.3 is 4.90 Å². The smallest absolute Gasteiger partial charge is 0.241 e. The Hall–Kier alpha value is -1.35. The lowest BCUT2D eigenvalue weighted by Gasteiger charge is -2.21. The fourth-order valence-electron chi connectivity index (χ4n) is 1.93. The number of anilines is 1. The van der Waals surface area contributed by atoms with Gasteiger partial charge in [0.2, 0.25) is 5.91 Å². The highest BCUT2D eigenvalue weighted by atomic mass is 35.5. The van der Waals surface area contributed by atoms with Crippen molar-refractivity contribution in [2.45, 2.75) is 12.8 Å². The number of carbonyl (C=O) groups excluding carboxylic acids is 2. The van der Waals surface area contributed by atoms with E-state index >= 15 is 0 Å². The van der Waals surface area contributed by atoms with Crippen LogP contribution in [0.3, 0.4) is 0 Å². The maximum Gasteiger partial charge on any atom is 0.241 e. The lowest BCUT2D eigenvalue weighted by molar-refractivity contribution is -0.116. The Morgan fingerprint density at radius 2 is 2.12 bits per heavy atom. The zero-order valence-corrected chi connectivity index (χ0v) is 9.54. The molecule has 0 spiro atoms. The number of para-hydroxylation sites is 1. The van der Waals surface area contributed by atoms with E-state index < -0.39 is 0 Å². The zero-order valence-electron chi connectivity index (χ0n) is 8.78. The summed E-state index contributed by atoms with van der Waals surface area (Å²) in [5, 5.41) is 0. The summed E-state index contributed by atoms with van der Waals surface area (Å²) in [6.45, 7) is 0.564. The molecule has 1 aromatic rings. The lowest BCUT2D eigenvalue weighted by atomic mass is 10.1. The fraction of sp³-hybridized carbons (Fsp3) is 0.333. The summed E-state index contributed by atoms with van der Waals surface area (Å²) in [7, 11) is 0. The van der Waals surface area contributed by atoms with Gasteiger partial charge in [0.1, 0.15) is 5.88 Å². The highest BCUT2D eigenvalue weighted by Crippen LogP contribution is 2.26. The zero-order chi connectivity index (χ0) is 11.5. The Morgan fingerprint density at radius 1 is 1.38 bits per heavy atom. The van der Waals surface area contributed by atoms with Crippen LogP contribution in [0.4, 0.5) is 5.69 Å². The van der Waals surface area contributed by atoms with Crippen LogP contribution >= 0.6 is 11.6 Å². The topological polar surface area (TPSA) is 37.4 Å². The monoisotopic (exact) mass is 237 g/mol. The number of rotatable bonds is 1. The summed E-state index contributed by atoms with van der Waals surface area (Å²) in [6.07, 6.45) is 1.18. The molecule has 0 unspecified atom stereocenters. The molecule has 0 aliphatic carbocycles. The molecule has 1 aromatic carbocycles. The highest BCUT2D eigenvalue weighted by Gasteiger charge is 2.23. The summed E-state index contributed by atoms with van der Waals surface area (Å²) in [6, 6.07) is 7.19. The first-order valence-corrected chi connectivity index (χ1v) is 5.76. The molecule has 0 atom stereocenters. The minimum absolute atomic E-state index is 0.0531. The molecule has 0 bridgehead atoms. The van der Waals surface area contributed by atoms with E-state index in [4.69, 9.17) is 11.6 Å². The van der Waals surface area contributed by atoms with Crippen LogP contribution in [-0.2, 0) is 4.79 Å². The fourth-order valence-corrected chi connectivity index (χ4v) is 2.07. The van der Waals surface area contributed by atoms with Crippen molar-refractivity contribution in [3.05, 3.63) is 29.8 Å². The first-order valence-electron chi connectivity index (χ1n) is 5.22. The van der Waals surface area contributed by atoms with Gasteiger partial charge in [0, 0.05) is 18.5 Å². The SMILES string of the molecule is O=C1CCCN(C(=O)CCl)c2ccccc21. The third kappa shape index (κ3) is 1.95. The second-order valence-electron chi connectivity index (χ2n) is 3.72. The number of benzene rings is 1. The normalized spacial score (nSPS) is 15.6. The maximum absolute atomic E-state index is 11.8. The van der Waals surface area contributed by atoms with Gasteiger partial charge in [0.25, 0.3) is 0 Å². The largest absolute Gasteiger partial charge is 0.311 e. The number of alkyl halides is 1. The first kappa shape index (κ1) is 11.1. The molecule has 0 fully saturated rings. The number of fused-ring (bicyclic) bond motifs is 1. The maximum atomic E-state index is 11.8. The molecular formula is C12H12ClNO2. The number of carbonyl (C=O) groups is 2. The summed E-state index contributed by atoms with van der Waals surface area (Å²) in [5.74, 6) is -0.105. The molecule has 0 N–H and O–H groups in total. The van der Waals surface area contributed by atoms with Crippen molar-refractivity contribution in [3.8, 4) is 0 Å². The number of amides is 1. The molecule has 2 rings (SSSR count). The Morgan fingerprint density at radius 3 is 2.88 bits per heavy atom. The number of Topliss-reactive ketones (excluding diaryl/α,β-unsaturated/α-hetero) is 1. The van der Waals surface area contributed by atoms with E-state index in [1.165, 1.54) is 0 Å². The van der Waals surface area contributed by atoms with E-state index in [0.717, 1.165) is 0 Å². The van der Waals surface area contributed by atoms with Crippen molar-refractivity contribution in [1.29, 1.82) is 0 Å². The summed E-state index contributed by atoms with van der Waals surface area (Å²) in [5.41, 5.74) is 1.31. The highest BCUT2D eigenvalue weighted by molar-refractivity contribution is 6.29. The van der Waals surface area contributed by atoms with Gasteiger partial charge in [-0.15, -0.1) is 11.6 Å². The molecule has 0 saturated heterocycles. The second kappa shape index (κ2) is 4.66. The minimum atomic E-state index is -0.149. The van der Waals surface area contributed by atoms with E-state index in [0.29, 0.717) is 30.6 Å².